The molecule has 1 N–H and O–H groups in total. The average molecular weight is 236 g/mol. The molecule has 3 nitrogen and oxygen atoms in total. The zero-order valence-corrected chi connectivity index (χ0v) is 10.7. The summed E-state index contributed by atoms with van der Waals surface area (Å²) in [6.45, 7) is 4.18. The van der Waals surface area contributed by atoms with E-state index in [1.807, 2.05) is 0 Å². The maximum absolute atomic E-state index is 12.4. The van der Waals surface area contributed by atoms with Crippen molar-refractivity contribution in [3.8, 4) is 0 Å². The summed E-state index contributed by atoms with van der Waals surface area (Å²) < 4.78 is 0. The first-order valence-electron chi connectivity index (χ1n) is 7.34. The molecular weight excluding hydrogens is 212 g/mol. The molecule has 2 saturated heterocycles. The van der Waals surface area contributed by atoms with Crippen molar-refractivity contribution in [2.45, 2.75) is 38.5 Å². The average Bonchev–Trinajstić information content (AvgIpc) is 2.82. The Labute approximate surface area is 104 Å². The third-order valence-electron chi connectivity index (χ3n) is 4.98. The van der Waals surface area contributed by atoms with Gasteiger partial charge in [-0.3, -0.25) is 4.79 Å². The molecule has 2 unspecified atom stereocenters. The van der Waals surface area contributed by atoms with E-state index >= 15 is 0 Å². The van der Waals surface area contributed by atoms with Crippen LogP contribution in [0.15, 0.2) is 0 Å². The quantitative estimate of drug-likeness (QED) is 0.750. The SMILES string of the molecule is O=C(C1CCNCC1)N1CC2CCCCC2C1. The van der Waals surface area contributed by atoms with E-state index in [1.165, 1.54) is 25.7 Å². The first kappa shape index (κ1) is 11.5. The van der Waals surface area contributed by atoms with Crippen LogP contribution < -0.4 is 5.32 Å². The fourth-order valence-corrected chi connectivity index (χ4v) is 3.91. The lowest BCUT2D eigenvalue weighted by atomic mass is 9.82. The van der Waals surface area contributed by atoms with Crippen molar-refractivity contribution in [1.82, 2.24) is 10.2 Å². The Kier molecular flexibility index (Phi) is 3.37. The molecule has 0 aromatic heterocycles. The van der Waals surface area contributed by atoms with Crippen LogP contribution in [0.1, 0.15) is 38.5 Å². The lowest BCUT2D eigenvalue weighted by Crippen LogP contribution is -2.40. The van der Waals surface area contributed by atoms with E-state index in [-0.39, 0.29) is 0 Å². The molecular formula is C14H24N2O. The largest absolute Gasteiger partial charge is 0.342 e. The summed E-state index contributed by atoms with van der Waals surface area (Å²) in [5.74, 6) is 2.43. The zero-order chi connectivity index (χ0) is 11.7. The molecule has 0 radical (unpaired) electrons. The Morgan fingerprint density at radius 2 is 1.53 bits per heavy atom. The molecule has 1 amide bonds. The van der Waals surface area contributed by atoms with E-state index in [1.54, 1.807) is 0 Å². The second-order valence-corrected chi connectivity index (χ2v) is 6.07. The van der Waals surface area contributed by atoms with E-state index in [0.717, 1.165) is 50.9 Å². The number of nitrogens with zero attached hydrogens (tertiary/aromatic N) is 1. The highest BCUT2D eigenvalue weighted by Gasteiger charge is 2.38. The molecule has 0 spiro atoms. The summed E-state index contributed by atoms with van der Waals surface area (Å²) in [4.78, 5) is 14.6. The van der Waals surface area contributed by atoms with Gasteiger partial charge in [-0.1, -0.05) is 12.8 Å². The van der Waals surface area contributed by atoms with Gasteiger partial charge in [0.25, 0.3) is 0 Å². The van der Waals surface area contributed by atoms with Gasteiger partial charge in [0.2, 0.25) is 5.91 Å². The van der Waals surface area contributed by atoms with Crippen molar-refractivity contribution < 1.29 is 4.79 Å². The van der Waals surface area contributed by atoms with E-state index < -0.39 is 0 Å². The van der Waals surface area contributed by atoms with E-state index in [4.69, 9.17) is 0 Å². The van der Waals surface area contributed by atoms with Crippen molar-refractivity contribution in [2.75, 3.05) is 26.2 Å². The molecule has 2 aliphatic heterocycles. The van der Waals surface area contributed by atoms with Crippen LogP contribution in [0.3, 0.4) is 0 Å². The molecule has 1 aliphatic carbocycles. The zero-order valence-electron chi connectivity index (χ0n) is 10.7. The van der Waals surface area contributed by atoms with Crippen LogP contribution in [0.2, 0.25) is 0 Å². The summed E-state index contributed by atoms with van der Waals surface area (Å²) in [6.07, 6.45) is 7.59. The summed E-state index contributed by atoms with van der Waals surface area (Å²) in [6, 6.07) is 0. The Hall–Kier alpha value is -0.570. The van der Waals surface area contributed by atoms with Crippen molar-refractivity contribution in [3.63, 3.8) is 0 Å². The molecule has 17 heavy (non-hydrogen) atoms. The Morgan fingerprint density at radius 1 is 0.941 bits per heavy atom. The summed E-state index contributed by atoms with van der Waals surface area (Å²) in [5.41, 5.74) is 0. The second kappa shape index (κ2) is 4.97. The number of amides is 1. The van der Waals surface area contributed by atoms with E-state index in [2.05, 4.69) is 10.2 Å². The van der Waals surface area contributed by atoms with Crippen molar-refractivity contribution >= 4 is 5.91 Å². The molecule has 0 aromatic rings. The smallest absolute Gasteiger partial charge is 0.225 e. The highest BCUT2D eigenvalue weighted by molar-refractivity contribution is 5.79. The van der Waals surface area contributed by atoms with Gasteiger partial charge in [0.1, 0.15) is 0 Å². The van der Waals surface area contributed by atoms with Crippen molar-refractivity contribution in [2.24, 2.45) is 17.8 Å². The topological polar surface area (TPSA) is 32.3 Å². The van der Waals surface area contributed by atoms with Gasteiger partial charge in [0.15, 0.2) is 0 Å². The van der Waals surface area contributed by atoms with Gasteiger partial charge < -0.3 is 10.2 Å². The molecule has 0 bridgehead atoms. The number of fused-ring (bicyclic) bond motifs is 1. The molecule has 0 aromatic carbocycles. The van der Waals surface area contributed by atoms with Gasteiger partial charge in [0, 0.05) is 19.0 Å². The van der Waals surface area contributed by atoms with Gasteiger partial charge in [-0.2, -0.15) is 0 Å². The van der Waals surface area contributed by atoms with Crippen LogP contribution in [0.25, 0.3) is 0 Å². The predicted octanol–water partition coefficient (Wildman–Crippen LogP) is 1.63. The Bertz CT molecular complexity index is 272. The fourth-order valence-electron chi connectivity index (χ4n) is 3.91. The lowest BCUT2D eigenvalue weighted by Gasteiger charge is -2.26. The minimum absolute atomic E-state index is 0.316. The molecule has 3 rings (SSSR count). The van der Waals surface area contributed by atoms with Gasteiger partial charge >= 0.3 is 0 Å². The predicted molar refractivity (Wildman–Crippen MR) is 67.6 cm³/mol. The maximum atomic E-state index is 12.4. The van der Waals surface area contributed by atoms with Crippen LogP contribution in [0.4, 0.5) is 0 Å². The monoisotopic (exact) mass is 236 g/mol. The van der Waals surface area contributed by atoms with Crippen LogP contribution in [0.5, 0.6) is 0 Å². The van der Waals surface area contributed by atoms with Gasteiger partial charge in [0.05, 0.1) is 0 Å². The van der Waals surface area contributed by atoms with Crippen LogP contribution in [-0.2, 0) is 4.79 Å². The maximum Gasteiger partial charge on any atom is 0.225 e. The van der Waals surface area contributed by atoms with Crippen molar-refractivity contribution in [3.05, 3.63) is 0 Å². The van der Waals surface area contributed by atoms with Crippen LogP contribution in [0, 0.1) is 17.8 Å². The second-order valence-electron chi connectivity index (χ2n) is 6.07. The molecule has 1 saturated carbocycles. The first-order chi connectivity index (χ1) is 8.34. The molecule has 2 heterocycles. The highest BCUT2D eigenvalue weighted by Crippen LogP contribution is 2.36. The number of hydrogen-bond acceptors (Lipinski definition) is 2. The summed E-state index contributed by atoms with van der Waals surface area (Å²) in [7, 11) is 0. The highest BCUT2D eigenvalue weighted by atomic mass is 16.2. The summed E-state index contributed by atoms with van der Waals surface area (Å²) in [5, 5.41) is 3.34. The number of nitrogens with one attached hydrogen (secondary N) is 1. The van der Waals surface area contributed by atoms with Gasteiger partial charge in [-0.05, 0) is 50.6 Å². The molecule has 3 aliphatic rings. The third kappa shape index (κ3) is 2.35. The van der Waals surface area contributed by atoms with Gasteiger partial charge in [-0.15, -0.1) is 0 Å². The lowest BCUT2D eigenvalue weighted by molar-refractivity contribution is -0.135. The molecule has 2 atom stereocenters. The number of hydrogen-bond donors (Lipinski definition) is 1. The van der Waals surface area contributed by atoms with Crippen LogP contribution >= 0.6 is 0 Å². The third-order valence-corrected chi connectivity index (χ3v) is 4.98. The molecule has 3 fully saturated rings. The summed E-state index contributed by atoms with van der Waals surface area (Å²) >= 11 is 0. The molecule has 96 valence electrons. The number of rotatable bonds is 1. The Balaban J connectivity index is 1.59. The standard InChI is InChI=1S/C14H24N2O/c17-14(11-5-7-15-8-6-11)16-9-12-3-1-2-4-13(12)10-16/h11-13,15H,1-10H2. The Morgan fingerprint density at radius 3 is 2.12 bits per heavy atom. The van der Waals surface area contributed by atoms with Crippen LogP contribution in [-0.4, -0.2) is 37.0 Å². The number of carbonyl (C=O) groups excluding carboxylic acids is 1. The number of likely N-dealkylation sites (tertiary alicyclic amines) is 1. The van der Waals surface area contributed by atoms with Crippen molar-refractivity contribution in [1.29, 1.82) is 0 Å². The number of piperidine rings is 1. The first-order valence-corrected chi connectivity index (χ1v) is 7.34. The van der Waals surface area contributed by atoms with E-state index in [9.17, 15) is 4.79 Å². The molecule has 3 heteroatoms. The number of carbonyl (C=O) groups is 1. The fraction of sp³-hybridized carbons (Fsp3) is 0.929. The van der Waals surface area contributed by atoms with E-state index in [0.29, 0.717) is 11.8 Å². The minimum Gasteiger partial charge on any atom is -0.342 e. The normalized spacial score (nSPS) is 34.7. The van der Waals surface area contributed by atoms with Gasteiger partial charge in [-0.25, -0.2) is 0 Å². The minimum atomic E-state index is 0.316.